The number of halogens is 4. The van der Waals surface area contributed by atoms with Gasteiger partial charge in [-0.25, -0.2) is 14.8 Å². The van der Waals surface area contributed by atoms with Crippen LogP contribution in [0.1, 0.15) is 64.5 Å². The van der Waals surface area contributed by atoms with E-state index in [4.69, 9.17) is 25.9 Å². The number of thiazole rings is 1. The third-order valence-electron chi connectivity index (χ3n) is 8.62. The molecule has 11 nitrogen and oxygen atoms in total. The molecule has 0 saturated heterocycles. The van der Waals surface area contributed by atoms with Crippen molar-refractivity contribution in [2.45, 2.75) is 77.1 Å². The van der Waals surface area contributed by atoms with Crippen LogP contribution in [0.25, 0.3) is 21.6 Å². The lowest BCUT2D eigenvalue weighted by Crippen LogP contribution is -2.51. The Bertz CT molecular complexity index is 1780. The number of rotatable bonds is 6. The first-order valence-electron chi connectivity index (χ1n) is 17.4. The second-order valence-electron chi connectivity index (χ2n) is 13.4. The maximum absolute atomic E-state index is 13.2. The number of carbonyl (C=O) groups is 3. The highest BCUT2D eigenvalue weighted by atomic mass is 35.5. The maximum Gasteiger partial charge on any atom is 0.434 e. The molecule has 2 aliphatic carbocycles. The summed E-state index contributed by atoms with van der Waals surface area (Å²) < 4.78 is 51.1. The zero-order valence-electron chi connectivity index (χ0n) is 31.6. The van der Waals surface area contributed by atoms with Crippen molar-refractivity contribution in [3.05, 3.63) is 59.2 Å². The van der Waals surface area contributed by atoms with Crippen molar-refractivity contribution in [2.75, 3.05) is 27.3 Å². The Kier molecular flexibility index (Phi) is 18.5. The van der Waals surface area contributed by atoms with Crippen LogP contribution in [-0.4, -0.2) is 73.0 Å². The van der Waals surface area contributed by atoms with Gasteiger partial charge in [-0.2, -0.15) is 13.2 Å². The molecule has 55 heavy (non-hydrogen) atoms. The lowest BCUT2D eigenvalue weighted by atomic mass is 10.1. The third-order valence-corrected chi connectivity index (χ3v) is 9.85. The summed E-state index contributed by atoms with van der Waals surface area (Å²) in [5.74, 6) is 0.592. The van der Waals surface area contributed by atoms with Gasteiger partial charge >= 0.3 is 12.2 Å². The largest absolute Gasteiger partial charge is 0.495 e. The van der Waals surface area contributed by atoms with Crippen LogP contribution in [0.2, 0.25) is 5.02 Å². The average molecular weight is 807 g/mol. The van der Waals surface area contributed by atoms with Crippen molar-refractivity contribution in [2.24, 2.45) is 17.1 Å². The van der Waals surface area contributed by atoms with Gasteiger partial charge in [0, 0.05) is 42.9 Å². The Hall–Kier alpha value is -4.81. The molecule has 2 fully saturated rings. The molecule has 1 aromatic carbocycles. The molecule has 3 aliphatic rings. The molecular formula is C39H50ClF3N6O5S. The number of methoxy groups -OCH3 is 1. The van der Waals surface area contributed by atoms with E-state index >= 15 is 0 Å². The minimum absolute atomic E-state index is 0.00392. The molecule has 300 valence electrons. The van der Waals surface area contributed by atoms with Gasteiger partial charge in [0.15, 0.2) is 5.69 Å². The topological polar surface area (TPSA) is 149 Å². The highest BCUT2D eigenvalue weighted by Gasteiger charge is 2.38. The molecule has 3 aromatic rings. The summed E-state index contributed by atoms with van der Waals surface area (Å²) in [5.41, 5.74) is 4.73. The second-order valence-corrected chi connectivity index (χ2v) is 14.7. The first kappa shape index (κ1) is 46.3. The molecule has 3 atom stereocenters. The van der Waals surface area contributed by atoms with E-state index in [0.717, 1.165) is 47.8 Å². The number of nitrogens with two attached hydrogens (primary N) is 1. The van der Waals surface area contributed by atoms with Gasteiger partial charge in [0.25, 0.3) is 0 Å². The summed E-state index contributed by atoms with van der Waals surface area (Å²) in [6, 6.07) is 3.60. The number of amides is 3. The summed E-state index contributed by atoms with van der Waals surface area (Å²) >= 11 is 7.33. The summed E-state index contributed by atoms with van der Waals surface area (Å²) in [6.07, 6.45) is 15.6. The van der Waals surface area contributed by atoms with Crippen LogP contribution < -0.4 is 25.8 Å². The number of aromatic nitrogens is 2. The molecule has 16 heteroatoms. The van der Waals surface area contributed by atoms with E-state index in [2.05, 4.69) is 71.8 Å². The van der Waals surface area contributed by atoms with Crippen molar-refractivity contribution >= 4 is 52.6 Å². The van der Waals surface area contributed by atoms with E-state index < -0.39 is 17.9 Å². The van der Waals surface area contributed by atoms with Crippen LogP contribution in [0.4, 0.5) is 18.0 Å². The highest BCUT2D eigenvalue weighted by Crippen LogP contribution is 2.43. The number of ether oxygens (including phenoxy) is 2. The van der Waals surface area contributed by atoms with Crippen molar-refractivity contribution in [3.8, 4) is 35.0 Å². The van der Waals surface area contributed by atoms with Gasteiger partial charge in [-0.3, -0.25) is 4.79 Å². The van der Waals surface area contributed by atoms with Gasteiger partial charge in [0.2, 0.25) is 5.91 Å². The van der Waals surface area contributed by atoms with Crippen LogP contribution in [0.3, 0.4) is 0 Å². The summed E-state index contributed by atoms with van der Waals surface area (Å²) in [6.45, 7) is 10.3. The number of carbonyl (C=O) groups excluding carboxylic acids is 3. The predicted molar refractivity (Wildman–Crippen MR) is 212 cm³/mol. The molecule has 2 saturated carbocycles. The van der Waals surface area contributed by atoms with E-state index in [9.17, 15) is 22.8 Å². The molecule has 0 spiro atoms. The van der Waals surface area contributed by atoms with Crippen molar-refractivity contribution in [1.82, 2.24) is 25.5 Å². The van der Waals surface area contributed by atoms with E-state index in [1.807, 2.05) is 6.79 Å². The number of pyridine rings is 1. The van der Waals surface area contributed by atoms with Crippen molar-refractivity contribution < 1.29 is 37.0 Å². The predicted octanol–water partition coefficient (Wildman–Crippen LogP) is 8.02. The number of hydrogen-bond donors (Lipinski definition) is 3. The molecule has 0 bridgehead atoms. The first-order chi connectivity index (χ1) is 26.2. The third kappa shape index (κ3) is 14.4. The number of alkyl halides is 3. The fourth-order valence-corrected chi connectivity index (χ4v) is 6.11. The number of hydrogen-bond acceptors (Lipinski definition) is 9. The number of nitrogens with one attached hydrogen (secondary N) is 2. The number of benzene rings is 1. The van der Waals surface area contributed by atoms with Gasteiger partial charge < -0.3 is 35.5 Å². The zero-order valence-corrected chi connectivity index (χ0v) is 33.2. The second kappa shape index (κ2) is 21.9. The van der Waals surface area contributed by atoms with Crippen LogP contribution in [-0.2, 0) is 15.8 Å². The molecular weight excluding hydrogens is 757 g/mol. The Balaban J connectivity index is 0.000000764. The number of allylic oxidation sites excluding steroid dienone is 1. The standard InChI is InChI=1S/C29H31ClF3N5O4S.C5H10.C2H5N.C2H2.CH2O/c1-38-11-6-4-3-5-7-16-13-19(16)35-26(39)18(36-28(38)40)10-12-42-22-14-20(27-37-23(15-43-27)29(31,32)33)34-25-17(22)8-9-21(41-2)24(25)30;1-5(2)3-4-5;1-2-3;2*1-2/h5,7-9,14-16,18-19H,3-4,6,10-13H2,1-2H3,(H,35,39)(H,36,40);3-4H2,1-2H3;2H,1,3H2;1-2H;1H2/b7-5-;;;;/t16-,18?,19?;;;;/m1..../s1. The molecule has 2 aromatic heterocycles. The lowest BCUT2D eigenvalue weighted by Gasteiger charge is -2.24. The first-order valence-corrected chi connectivity index (χ1v) is 18.7. The minimum atomic E-state index is -4.60. The van der Waals surface area contributed by atoms with Gasteiger partial charge in [-0.1, -0.05) is 44.2 Å². The number of nitrogens with zero attached hydrogens (tertiary/aromatic N) is 3. The fraction of sp³-hybridized carbons (Fsp3) is 0.462. The van der Waals surface area contributed by atoms with Crippen molar-refractivity contribution in [1.29, 1.82) is 0 Å². The zero-order chi connectivity index (χ0) is 41.3. The van der Waals surface area contributed by atoms with E-state index in [0.29, 0.717) is 17.7 Å². The van der Waals surface area contributed by atoms with Crippen LogP contribution in [0.15, 0.2) is 48.5 Å². The van der Waals surface area contributed by atoms with Gasteiger partial charge in [0.05, 0.1) is 19.2 Å². The van der Waals surface area contributed by atoms with E-state index in [1.54, 1.807) is 24.1 Å². The summed E-state index contributed by atoms with van der Waals surface area (Å²) in [7, 11) is 3.12. The molecule has 3 amide bonds. The Morgan fingerprint density at radius 1 is 1.15 bits per heavy atom. The number of fused-ring (bicyclic) bond motifs is 2. The van der Waals surface area contributed by atoms with E-state index in [-0.39, 0.29) is 63.9 Å². The van der Waals surface area contributed by atoms with Crippen LogP contribution >= 0.6 is 22.9 Å². The molecule has 6 rings (SSSR count). The van der Waals surface area contributed by atoms with Gasteiger partial charge in [-0.05, 0) is 68.2 Å². The Labute approximate surface area is 329 Å². The van der Waals surface area contributed by atoms with Crippen LogP contribution in [0.5, 0.6) is 11.5 Å². The normalized spacial score (nSPS) is 20.5. The summed E-state index contributed by atoms with van der Waals surface area (Å²) in [4.78, 5) is 43.8. The minimum Gasteiger partial charge on any atom is -0.495 e. The monoisotopic (exact) mass is 806 g/mol. The van der Waals surface area contributed by atoms with E-state index in [1.165, 1.54) is 32.2 Å². The molecule has 1 aliphatic heterocycles. The number of urea groups is 1. The van der Waals surface area contributed by atoms with Gasteiger partial charge in [0.1, 0.15) is 40.1 Å². The summed E-state index contributed by atoms with van der Waals surface area (Å²) in [5, 5.41) is 7.45. The number of terminal acetylenes is 1. The lowest BCUT2D eigenvalue weighted by molar-refractivity contribution is -0.140. The Morgan fingerprint density at radius 2 is 1.80 bits per heavy atom. The molecule has 0 radical (unpaired) electrons. The SMILES string of the molecule is C#C.C=CN.C=O.CC1(C)CC1.COc1ccc2c(OCCC3NC(=O)N(C)CCCC/C=C\[C@@H]4CC4NC3=O)cc(-c3nc(C(F)(F)F)cs3)nc2c1Cl. The Morgan fingerprint density at radius 3 is 2.38 bits per heavy atom. The quantitative estimate of drug-likeness (QED) is 0.168. The molecule has 3 heterocycles. The van der Waals surface area contributed by atoms with Crippen molar-refractivity contribution in [3.63, 3.8) is 0 Å². The highest BCUT2D eigenvalue weighted by molar-refractivity contribution is 7.13. The smallest absolute Gasteiger partial charge is 0.434 e. The molecule has 2 unspecified atom stereocenters. The van der Waals surface area contributed by atoms with Gasteiger partial charge in [-0.15, -0.1) is 24.2 Å². The average Bonchev–Trinajstić information content (AvgIpc) is 4.00. The molecule has 4 N–H and O–H groups in total. The maximum atomic E-state index is 13.2. The fourth-order valence-electron chi connectivity index (χ4n) is 5.04. The van der Waals surface area contributed by atoms with Crippen LogP contribution in [0, 0.1) is 24.2 Å².